The third-order valence-corrected chi connectivity index (χ3v) is 4.54. The van der Waals surface area contributed by atoms with Crippen molar-refractivity contribution >= 4 is 28.5 Å². The zero-order valence-electron chi connectivity index (χ0n) is 14.0. The lowest BCUT2D eigenvalue weighted by molar-refractivity contribution is 0.0926. The first kappa shape index (κ1) is 16.2. The zero-order chi connectivity index (χ0) is 19.4. The summed E-state index contributed by atoms with van der Waals surface area (Å²) < 4.78 is 26.9. The molecule has 1 aliphatic heterocycles. The molecule has 0 fully saturated rings. The Labute approximate surface area is 155 Å². The van der Waals surface area contributed by atoms with E-state index in [1.165, 1.54) is 12.3 Å². The number of fused-ring (bicyclic) bond motifs is 3. The summed E-state index contributed by atoms with van der Waals surface area (Å²) in [7, 11) is 0. The molecule has 1 aliphatic rings. The van der Waals surface area contributed by atoms with Crippen LogP contribution in [0.1, 0.15) is 20.7 Å². The number of H-pyrrole nitrogens is 1. The van der Waals surface area contributed by atoms with Crippen LogP contribution in [0.2, 0.25) is 0 Å². The number of aromatic nitrogens is 4. The number of hydrogen-bond acceptors (Lipinski definition) is 5. The molecule has 0 aliphatic carbocycles. The van der Waals surface area contributed by atoms with Gasteiger partial charge in [0, 0.05) is 30.2 Å². The number of hydrogen-bond donors (Lipinski definition) is 1. The molecular weight excluding hydrogens is 368 g/mol. The van der Waals surface area contributed by atoms with E-state index >= 15 is 0 Å². The molecule has 5 rings (SSSR count). The normalized spacial score (nSPS) is 13.4. The van der Waals surface area contributed by atoms with Gasteiger partial charge in [0.05, 0.1) is 27.9 Å². The van der Waals surface area contributed by atoms with Gasteiger partial charge in [-0.1, -0.05) is 0 Å². The highest BCUT2D eigenvalue weighted by atomic mass is 19.2. The van der Waals surface area contributed by atoms with Gasteiger partial charge in [-0.15, -0.1) is 0 Å². The molecule has 1 N–H and O–H groups in total. The molecule has 0 unspecified atom stereocenters. The first-order valence-corrected chi connectivity index (χ1v) is 8.17. The van der Waals surface area contributed by atoms with Crippen molar-refractivity contribution in [3.8, 4) is 11.3 Å². The number of aromatic amines is 1. The van der Waals surface area contributed by atoms with Crippen molar-refractivity contribution in [3.05, 3.63) is 71.7 Å². The molecule has 3 aromatic heterocycles. The van der Waals surface area contributed by atoms with E-state index in [0.717, 1.165) is 17.0 Å². The average Bonchev–Trinajstić information content (AvgIpc) is 3.24. The number of benzene rings is 1. The number of nitrogens with zero attached hydrogens (tertiary/aromatic N) is 4. The monoisotopic (exact) mass is 377 g/mol. The maximum atomic E-state index is 13.6. The number of halogens is 2. The summed E-state index contributed by atoms with van der Waals surface area (Å²) in [6.45, 7) is 0. The van der Waals surface area contributed by atoms with Crippen LogP contribution in [0.15, 0.2) is 48.9 Å². The Kier molecular flexibility index (Phi) is 3.32. The van der Waals surface area contributed by atoms with E-state index in [1.54, 1.807) is 24.5 Å². The van der Waals surface area contributed by atoms with E-state index < -0.39 is 23.4 Å². The smallest absolute Gasteiger partial charge is 0.267 e. The number of nitrogens with one attached hydrogen (secondary N) is 1. The summed E-state index contributed by atoms with van der Waals surface area (Å²) in [6.07, 6.45) is 4.44. The van der Waals surface area contributed by atoms with Gasteiger partial charge in [0.25, 0.3) is 11.8 Å². The highest BCUT2D eigenvalue weighted by Crippen LogP contribution is 2.36. The van der Waals surface area contributed by atoms with Gasteiger partial charge in [-0.3, -0.25) is 19.7 Å². The second-order valence-corrected chi connectivity index (χ2v) is 6.13. The lowest BCUT2D eigenvalue weighted by Gasteiger charge is -2.13. The summed E-state index contributed by atoms with van der Waals surface area (Å²) in [6, 6.07) is 6.33. The third-order valence-electron chi connectivity index (χ3n) is 4.54. The van der Waals surface area contributed by atoms with Crippen LogP contribution in [0.5, 0.6) is 0 Å². The topological polar surface area (TPSA) is 91.8 Å². The van der Waals surface area contributed by atoms with Crippen LogP contribution in [0.25, 0.3) is 22.3 Å². The van der Waals surface area contributed by atoms with Gasteiger partial charge < -0.3 is 0 Å². The fourth-order valence-electron chi connectivity index (χ4n) is 3.27. The van der Waals surface area contributed by atoms with Crippen LogP contribution in [0.3, 0.4) is 0 Å². The lowest BCUT2D eigenvalue weighted by atomic mass is 10.0. The van der Waals surface area contributed by atoms with Gasteiger partial charge >= 0.3 is 0 Å². The molecule has 0 atom stereocenters. The van der Waals surface area contributed by atoms with Crippen LogP contribution in [-0.2, 0) is 0 Å². The number of rotatable bonds is 2. The lowest BCUT2D eigenvalue weighted by Crippen LogP contribution is -2.29. The Hall–Kier alpha value is -4.01. The first-order chi connectivity index (χ1) is 13.6. The third kappa shape index (κ3) is 2.16. The molecule has 2 amide bonds. The number of carbonyl (C=O) groups is 2. The molecular formula is C19H9F2N5O2. The Morgan fingerprint density at radius 2 is 1.86 bits per heavy atom. The fourth-order valence-corrected chi connectivity index (χ4v) is 3.27. The Bertz CT molecular complexity index is 1290. The zero-order valence-corrected chi connectivity index (χ0v) is 14.0. The molecule has 4 aromatic rings. The van der Waals surface area contributed by atoms with Crippen LogP contribution in [-0.4, -0.2) is 32.0 Å². The standard InChI is InChI=1S/C19H9F2N5O2/c20-12-4-3-10(6-13(12)21)26-18(27)11-8-23-17-15(14(11)19(26)28)16(24-25-17)9-2-1-5-22-7-9/h1-8H,(H,23,24,25). The molecule has 0 bridgehead atoms. The van der Waals surface area contributed by atoms with Crippen molar-refractivity contribution in [2.75, 3.05) is 4.90 Å². The van der Waals surface area contributed by atoms with Crippen molar-refractivity contribution in [1.29, 1.82) is 0 Å². The summed E-state index contributed by atoms with van der Waals surface area (Å²) in [5.74, 6) is -3.56. The van der Waals surface area contributed by atoms with Gasteiger partial charge in [-0.25, -0.2) is 18.7 Å². The Morgan fingerprint density at radius 1 is 1.00 bits per heavy atom. The summed E-state index contributed by atoms with van der Waals surface area (Å²) in [5.41, 5.74) is 1.50. The van der Waals surface area contributed by atoms with E-state index in [2.05, 4.69) is 20.2 Å². The van der Waals surface area contributed by atoms with Crippen LogP contribution in [0.4, 0.5) is 14.5 Å². The summed E-state index contributed by atoms with van der Waals surface area (Å²) >= 11 is 0. The van der Waals surface area contributed by atoms with E-state index in [1.807, 2.05) is 0 Å². The van der Waals surface area contributed by atoms with Crippen LogP contribution >= 0.6 is 0 Å². The SMILES string of the molecule is O=C1c2cnc3n[nH]c(-c4cccnc4)c3c2C(=O)N1c1ccc(F)c(F)c1. The number of amides is 2. The summed E-state index contributed by atoms with van der Waals surface area (Å²) in [5, 5.41) is 7.29. The molecule has 0 saturated carbocycles. The number of anilines is 1. The molecule has 0 radical (unpaired) electrons. The molecule has 9 heteroatoms. The maximum Gasteiger partial charge on any atom is 0.267 e. The average molecular weight is 377 g/mol. The highest BCUT2D eigenvalue weighted by molar-refractivity contribution is 6.38. The second kappa shape index (κ2) is 5.74. The van der Waals surface area contributed by atoms with Crippen LogP contribution < -0.4 is 4.90 Å². The minimum Gasteiger partial charge on any atom is -0.275 e. The highest BCUT2D eigenvalue weighted by Gasteiger charge is 2.40. The Morgan fingerprint density at radius 3 is 2.61 bits per heavy atom. The molecule has 136 valence electrons. The largest absolute Gasteiger partial charge is 0.275 e. The van der Waals surface area contributed by atoms with E-state index in [4.69, 9.17) is 0 Å². The first-order valence-electron chi connectivity index (χ1n) is 8.17. The minimum absolute atomic E-state index is 0.0637. The number of carbonyl (C=O) groups excluding carboxylic acids is 2. The predicted molar refractivity (Wildman–Crippen MR) is 94.6 cm³/mol. The fraction of sp³-hybridized carbons (Fsp3) is 0. The van der Waals surface area contributed by atoms with E-state index in [9.17, 15) is 18.4 Å². The maximum absolute atomic E-state index is 13.6. The summed E-state index contributed by atoms with van der Waals surface area (Å²) in [4.78, 5) is 34.9. The van der Waals surface area contributed by atoms with Crippen molar-refractivity contribution < 1.29 is 18.4 Å². The van der Waals surface area contributed by atoms with Crippen LogP contribution in [0, 0.1) is 11.6 Å². The van der Waals surface area contributed by atoms with Crippen molar-refractivity contribution in [2.45, 2.75) is 0 Å². The molecule has 0 saturated heterocycles. The number of imide groups is 1. The van der Waals surface area contributed by atoms with Crippen molar-refractivity contribution in [1.82, 2.24) is 20.2 Å². The van der Waals surface area contributed by atoms with Gasteiger partial charge in [0.1, 0.15) is 0 Å². The van der Waals surface area contributed by atoms with Crippen molar-refractivity contribution in [2.24, 2.45) is 0 Å². The molecule has 1 aromatic carbocycles. The molecule has 7 nitrogen and oxygen atoms in total. The molecule has 0 spiro atoms. The van der Waals surface area contributed by atoms with Gasteiger partial charge in [-0.2, -0.15) is 5.10 Å². The van der Waals surface area contributed by atoms with E-state index in [0.29, 0.717) is 16.6 Å². The number of pyridine rings is 2. The van der Waals surface area contributed by atoms with Gasteiger partial charge in [0.2, 0.25) is 0 Å². The minimum atomic E-state index is -1.16. The van der Waals surface area contributed by atoms with Crippen molar-refractivity contribution in [3.63, 3.8) is 0 Å². The molecule has 28 heavy (non-hydrogen) atoms. The Balaban J connectivity index is 1.73. The second-order valence-electron chi connectivity index (χ2n) is 6.13. The molecule has 4 heterocycles. The quantitative estimate of drug-likeness (QED) is 0.542. The van der Waals surface area contributed by atoms with E-state index in [-0.39, 0.29) is 22.5 Å². The van der Waals surface area contributed by atoms with Gasteiger partial charge in [0.15, 0.2) is 17.3 Å². The predicted octanol–water partition coefficient (Wildman–Crippen LogP) is 3.10. The van der Waals surface area contributed by atoms with Gasteiger partial charge in [-0.05, 0) is 24.3 Å².